The van der Waals surface area contributed by atoms with Gasteiger partial charge in [0.15, 0.2) is 0 Å². The maximum atomic E-state index is 12.2. The van der Waals surface area contributed by atoms with Gasteiger partial charge in [-0.2, -0.15) is 0 Å². The minimum atomic E-state index is 0.106. The molecule has 0 spiro atoms. The van der Waals surface area contributed by atoms with Gasteiger partial charge < -0.3 is 10.6 Å². The van der Waals surface area contributed by atoms with Crippen LogP contribution >= 0.6 is 23.4 Å². The van der Waals surface area contributed by atoms with Gasteiger partial charge in [-0.3, -0.25) is 4.79 Å². The number of nitrogens with two attached hydrogens (primary N) is 1. The van der Waals surface area contributed by atoms with Crippen molar-refractivity contribution in [2.24, 2.45) is 0 Å². The molecular weight excluding hydrogens is 280 g/mol. The zero-order valence-electron chi connectivity index (χ0n) is 11.8. The predicted molar refractivity (Wildman–Crippen MR) is 83.7 cm³/mol. The Morgan fingerprint density at radius 1 is 1.32 bits per heavy atom. The highest BCUT2D eigenvalue weighted by Gasteiger charge is 2.20. The van der Waals surface area contributed by atoms with Crippen molar-refractivity contribution in [3.8, 4) is 0 Å². The normalized spacial score (nSPS) is 11.1. The minimum absolute atomic E-state index is 0.106. The number of carbonyl (C=O) groups excluding carboxylic acids is 1. The maximum absolute atomic E-state index is 12.2. The Bertz CT molecular complexity index is 421. The Kier molecular flexibility index (Phi) is 6.01. The summed E-state index contributed by atoms with van der Waals surface area (Å²) in [6.07, 6.45) is 0. The number of halogens is 1. The van der Waals surface area contributed by atoms with E-state index in [-0.39, 0.29) is 18.0 Å². The second-order valence-electron chi connectivity index (χ2n) is 4.94. The van der Waals surface area contributed by atoms with E-state index in [1.54, 1.807) is 18.2 Å². The van der Waals surface area contributed by atoms with Crippen molar-refractivity contribution in [1.82, 2.24) is 4.90 Å². The van der Waals surface area contributed by atoms with Crippen LogP contribution < -0.4 is 5.73 Å². The van der Waals surface area contributed by atoms with Crippen molar-refractivity contribution in [3.05, 3.63) is 23.2 Å². The lowest BCUT2D eigenvalue weighted by Gasteiger charge is -2.30. The lowest BCUT2D eigenvalue weighted by molar-refractivity contribution is -0.131. The Labute approximate surface area is 124 Å². The van der Waals surface area contributed by atoms with Gasteiger partial charge in [-0.1, -0.05) is 17.7 Å². The average Bonchev–Trinajstić information content (AvgIpc) is 2.27. The van der Waals surface area contributed by atoms with Crippen LogP contribution in [0.5, 0.6) is 0 Å². The smallest absolute Gasteiger partial charge is 0.233 e. The molecule has 0 aromatic heterocycles. The van der Waals surface area contributed by atoms with Gasteiger partial charge in [0.05, 0.1) is 10.8 Å². The molecule has 1 amide bonds. The van der Waals surface area contributed by atoms with Gasteiger partial charge in [-0.25, -0.2) is 0 Å². The maximum Gasteiger partial charge on any atom is 0.233 e. The molecule has 2 N–H and O–H groups in total. The van der Waals surface area contributed by atoms with Gasteiger partial charge >= 0.3 is 0 Å². The number of nitrogens with zero attached hydrogens (tertiary/aromatic N) is 1. The third-order valence-electron chi connectivity index (χ3n) is 2.74. The van der Waals surface area contributed by atoms with Crippen molar-refractivity contribution in [2.45, 2.75) is 44.7 Å². The first-order valence-electron chi connectivity index (χ1n) is 6.32. The first kappa shape index (κ1) is 16.2. The number of hydrogen-bond acceptors (Lipinski definition) is 3. The lowest BCUT2D eigenvalue weighted by Crippen LogP contribution is -2.43. The van der Waals surface area contributed by atoms with E-state index >= 15 is 0 Å². The number of amides is 1. The molecule has 5 heteroatoms. The molecule has 1 aromatic rings. The van der Waals surface area contributed by atoms with Crippen LogP contribution in [0.25, 0.3) is 0 Å². The van der Waals surface area contributed by atoms with Crippen LogP contribution in [0, 0.1) is 0 Å². The molecule has 1 aromatic carbocycles. The van der Waals surface area contributed by atoms with Gasteiger partial charge in [0, 0.05) is 22.7 Å². The molecule has 0 aliphatic carbocycles. The third kappa shape index (κ3) is 4.32. The van der Waals surface area contributed by atoms with Crippen molar-refractivity contribution >= 4 is 35.0 Å². The van der Waals surface area contributed by atoms with E-state index < -0.39 is 0 Å². The molecule has 0 fully saturated rings. The summed E-state index contributed by atoms with van der Waals surface area (Å²) in [5, 5.41) is 0.596. The van der Waals surface area contributed by atoms with Gasteiger partial charge in [-0.15, -0.1) is 11.8 Å². The Morgan fingerprint density at radius 2 is 1.89 bits per heavy atom. The summed E-state index contributed by atoms with van der Waals surface area (Å²) in [7, 11) is 0. The molecule has 0 radical (unpaired) electrons. The van der Waals surface area contributed by atoms with Gasteiger partial charge in [0.2, 0.25) is 5.91 Å². The van der Waals surface area contributed by atoms with Crippen LogP contribution in [0.3, 0.4) is 0 Å². The summed E-state index contributed by atoms with van der Waals surface area (Å²) in [6.45, 7) is 8.08. The minimum Gasteiger partial charge on any atom is -0.398 e. The standard InChI is InChI=1S/C14H21ClN2OS/c1-9(2)17(10(3)4)13(18)8-19-14-11(15)6-5-7-12(14)16/h5-7,9-10H,8,16H2,1-4H3. The molecule has 0 saturated heterocycles. The fraction of sp³-hybridized carbons (Fsp3) is 0.500. The summed E-state index contributed by atoms with van der Waals surface area (Å²) < 4.78 is 0. The number of rotatable bonds is 5. The number of anilines is 1. The number of benzene rings is 1. The molecular formula is C14H21ClN2OS. The lowest BCUT2D eigenvalue weighted by atomic mass is 10.2. The van der Waals surface area contributed by atoms with Crippen LogP contribution in [0.2, 0.25) is 5.02 Å². The summed E-state index contributed by atoms with van der Waals surface area (Å²) in [4.78, 5) is 14.9. The van der Waals surface area contributed by atoms with Gasteiger partial charge in [0.1, 0.15) is 0 Å². The highest BCUT2D eigenvalue weighted by molar-refractivity contribution is 8.00. The molecule has 0 atom stereocenters. The predicted octanol–water partition coefficient (Wildman–Crippen LogP) is 3.66. The zero-order chi connectivity index (χ0) is 14.6. The number of carbonyl (C=O) groups is 1. The van der Waals surface area contributed by atoms with E-state index in [0.29, 0.717) is 16.5 Å². The number of nitrogen functional groups attached to an aromatic ring is 1. The van der Waals surface area contributed by atoms with E-state index in [9.17, 15) is 4.79 Å². The van der Waals surface area contributed by atoms with Crippen molar-refractivity contribution in [1.29, 1.82) is 0 Å². The second kappa shape index (κ2) is 7.06. The molecule has 0 heterocycles. The molecule has 106 valence electrons. The van der Waals surface area contributed by atoms with E-state index in [0.717, 1.165) is 4.90 Å². The van der Waals surface area contributed by atoms with E-state index in [2.05, 4.69) is 0 Å². The molecule has 19 heavy (non-hydrogen) atoms. The van der Waals surface area contributed by atoms with Crippen LogP contribution in [0.15, 0.2) is 23.1 Å². The highest BCUT2D eigenvalue weighted by Crippen LogP contribution is 2.32. The molecule has 0 bridgehead atoms. The monoisotopic (exact) mass is 300 g/mol. The molecule has 1 rings (SSSR count). The summed E-state index contributed by atoms with van der Waals surface area (Å²) in [5.74, 6) is 0.457. The highest BCUT2D eigenvalue weighted by atomic mass is 35.5. The molecule has 0 saturated carbocycles. The SMILES string of the molecule is CC(C)N(C(=O)CSc1c(N)cccc1Cl)C(C)C. The third-order valence-corrected chi connectivity index (χ3v) is 4.30. The topological polar surface area (TPSA) is 46.3 Å². The van der Waals surface area contributed by atoms with Crippen molar-refractivity contribution in [2.75, 3.05) is 11.5 Å². The fourth-order valence-corrected chi connectivity index (χ4v) is 3.26. The first-order chi connectivity index (χ1) is 8.84. The van der Waals surface area contributed by atoms with Crippen LogP contribution in [0.1, 0.15) is 27.7 Å². The summed E-state index contributed by atoms with van der Waals surface area (Å²) >= 11 is 7.49. The van der Waals surface area contributed by atoms with E-state index in [4.69, 9.17) is 17.3 Å². The molecule has 0 unspecified atom stereocenters. The first-order valence-corrected chi connectivity index (χ1v) is 7.69. The van der Waals surface area contributed by atoms with Crippen molar-refractivity contribution in [3.63, 3.8) is 0 Å². The fourth-order valence-electron chi connectivity index (χ4n) is 2.06. The molecule has 3 nitrogen and oxygen atoms in total. The number of hydrogen-bond donors (Lipinski definition) is 1. The van der Waals surface area contributed by atoms with Gasteiger partial charge in [-0.05, 0) is 39.8 Å². The molecule has 0 aliphatic heterocycles. The molecule has 0 aliphatic rings. The van der Waals surface area contributed by atoms with Crippen LogP contribution in [-0.4, -0.2) is 28.6 Å². The van der Waals surface area contributed by atoms with Crippen LogP contribution in [-0.2, 0) is 4.79 Å². The van der Waals surface area contributed by atoms with E-state index in [1.807, 2.05) is 32.6 Å². The van der Waals surface area contributed by atoms with Crippen molar-refractivity contribution < 1.29 is 4.79 Å². The largest absolute Gasteiger partial charge is 0.398 e. The van der Waals surface area contributed by atoms with Gasteiger partial charge in [0.25, 0.3) is 0 Å². The summed E-state index contributed by atoms with van der Waals surface area (Å²) in [5.41, 5.74) is 6.49. The number of thioether (sulfide) groups is 1. The quantitative estimate of drug-likeness (QED) is 0.667. The Balaban J connectivity index is 2.73. The van der Waals surface area contributed by atoms with Crippen LogP contribution in [0.4, 0.5) is 5.69 Å². The second-order valence-corrected chi connectivity index (χ2v) is 6.33. The summed E-state index contributed by atoms with van der Waals surface area (Å²) in [6, 6.07) is 5.76. The zero-order valence-corrected chi connectivity index (χ0v) is 13.4. The Morgan fingerprint density at radius 3 is 2.37 bits per heavy atom. The Hall–Kier alpha value is -0.870. The van der Waals surface area contributed by atoms with E-state index in [1.165, 1.54) is 11.8 Å². The average molecular weight is 301 g/mol.